The molecule has 10 heteroatoms. The summed E-state index contributed by atoms with van der Waals surface area (Å²) in [5, 5.41) is 3.98. The van der Waals surface area contributed by atoms with E-state index in [2.05, 4.69) is 5.32 Å². The molecule has 0 bridgehead atoms. The molecule has 1 N–H and O–H groups in total. The predicted molar refractivity (Wildman–Crippen MR) is 141 cm³/mol. The zero-order valence-corrected chi connectivity index (χ0v) is 21.4. The molecular formula is C30H23F3N4O3. The van der Waals surface area contributed by atoms with E-state index in [1.54, 1.807) is 42.5 Å². The zero-order chi connectivity index (χ0) is 28.1. The van der Waals surface area contributed by atoms with Crippen LogP contribution in [0.4, 0.5) is 18.9 Å². The Bertz CT molecular complexity index is 1810. The summed E-state index contributed by atoms with van der Waals surface area (Å²) >= 11 is 0. The number of carbonyl (C=O) groups is 2. The Morgan fingerprint density at radius 1 is 0.925 bits per heavy atom. The van der Waals surface area contributed by atoms with Crippen LogP contribution in [0.2, 0.25) is 0 Å². The van der Waals surface area contributed by atoms with Crippen LogP contribution in [-0.2, 0) is 21.3 Å². The lowest BCUT2D eigenvalue weighted by molar-refractivity contribution is -0.137. The van der Waals surface area contributed by atoms with Gasteiger partial charge in [0, 0.05) is 11.6 Å². The Morgan fingerprint density at radius 2 is 1.65 bits per heavy atom. The first-order valence-corrected chi connectivity index (χ1v) is 13.0. The van der Waals surface area contributed by atoms with Crippen LogP contribution in [0, 0.1) is 17.8 Å². The van der Waals surface area contributed by atoms with E-state index in [9.17, 15) is 27.6 Å². The third-order valence-corrected chi connectivity index (χ3v) is 8.45. The minimum atomic E-state index is -4.64. The van der Waals surface area contributed by atoms with E-state index in [1.807, 2.05) is 19.9 Å². The molecule has 3 aromatic carbocycles. The number of amides is 2. The molecule has 2 fully saturated rings. The fraction of sp³-hybridized carbons (Fsp3) is 0.267. The number of hydrogen-bond donors (Lipinski definition) is 1. The smallest absolute Gasteiger partial charge is 0.296 e. The van der Waals surface area contributed by atoms with E-state index in [-0.39, 0.29) is 17.2 Å². The number of benzene rings is 3. The Morgan fingerprint density at radius 3 is 2.40 bits per heavy atom. The lowest BCUT2D eigenvalue weighted by Crippen LogP contribution is -2.51. The second kappa shape index (κ2) is 8.11. The van der Waals surface area contributed by atoms with Crippen LogP contribution in [0.1, 0.15) is 30.8 Å². The second-order valence-corrected chi connectivity index (χ2v) is 10.9. The number of fused-ring (bicyclic) bond motifs is 8. The molecule has 4 heterocycles. The highest BCUT2D eigenvalue weighted by molar-refractivity contribution is 6.23. The third-order valence-electron chi connectivity index (χ3n) is 8.45. The zero-order valence-electron chi connectivity index (χ0n) is 21.4. The van der Waals surface area contributed by atoms with Gasteiger partial charge in [0.2, 0.25) is 11.8 Å². The van der Waals surface area contributed by atoms with Gasteiger partial charge in [-0.25, -0.2) is 9.88 Å². The molecule has 202 valence electrons. The van der Waals surface area contributed by atoms with Crippen LogP contribution in [-0.4, -0.2) is 27.4 Å². The van der Waals surface area contributed by atoms with Crippen molar-refractivity contribution < 1.29 is 22.8 Å². The lowest BCUT2D eigenvalue weighted by Gasteiger charge is -2.32. The van der Waals surface area contributed by atoms with E-state index < -0.39 is 47.0 Å². The molecule has 3 aliphatic rings. The largest absolute Gasteiger partial charge is 0.416 e. The van der Waals surface area contributed by atoms with Crippen molar-refractivity contribution in [2.24, 2.45) is 17.8 Å². The molecule has 0 saturated carbocycles. The summed E-state index contributed by atoms with van der Waals surface area (Å²) < 4.78 is 42.1. The van der Waals surface area contributed by atoms with Crippen molar-refractivity contribution in [3.8, 4) is 5.69 Å². The number of nitrogens with one attached hydrogen (secondary N) is 1. The van der Waals surface area contributed by atoms with Crippen LogP contribution >= 0.6 is 0 Å². The van der Waals surface area contributed by atoms with Crippen LogP contribution < -0.4 is 15.8 Å². The highest BCUT2D eigenvalue weighted by Gasteiger charge is 2.70. The first kappa shape index (κ1) is 24.7. The van der Waals surface area contributed by atoms with Crippen molar-refractivity contribution in [2.75, 3.05) is 4.90 Å². The quantitative estimate of drug-likeness (QED) is 0.379. The predicted octanol–water partition coefficient (Wildman–Crippen LogP) is 4.40. The molecular weight excluding hydrogens is 521 g/mol. The average Bonchev–Trinajstić information content (AvgIpc) is 3.52. The van der Waals surface area contributed by atoms with Gasteiger partial charge in [0.15, 0.2) is 0 Å². The van der Waals surface area contributed by atoms with Gasteiger partial charge in [-0.1, -0.05) is 50.2 Å². The standard InChI is InChI=1S/C30H23F3N4O3/c1-15(2)24-22-23(27(40)36(26(22)39)17-9-7-8-16(14-17)30(31,32)33)29(35-24)19-11-4-6-13-21(19)37-25(38)18-10-3-5-12-20(18)34-28(29)37/h3-15,22-24,35H,1-2H3/t22-,23+,24+,29-/m1/s1. The molecule has 1 aromatic heterocycles. The van der Waals surface area contributed by atoms with Gasteiger partial charge in [-0.15, -0.1) is 0 Å². The number of alkyl halides is 3. The highest BCUT2D eigenvalue weighted by Crippen LogP contribution is 2.56. The van der Waals surface area contributed by atoms with E-state index in [0.717, 1.165) is 17.0 Å². The van der Waals surface area contributed by atoms with Gasteiger partial charge >= 0.3 is 6.18 Å². The number of halogens is 3. The molecule has 2 saturated heterocycles. The number of hydrogen-bond acceptors (Lipinski definition) is 5. The average molecular weight is 545 g/mol. The van der Waals surface area contributed by atoms with Crippen molar-refractivity contribution in [3.63, 3.8) is 0 Å². The normalized spacial score (nSPS) is 25.2. The Kier molecular flexibility index (Phi) is 5.01. The molecule has 2 amide bonds. The molecule has 4 aromatic rings. The molecule has 7 rings (SSSR count). The molecule has 0 radical (unpaired) electrons. The van der Waals surface area contributed by atoms with Crippen molar-refractivity contribution in [2.45, 2.75) is 31.6 Å². The van der Waals surface area contributed by atoms with Crippen LogP contribution in [0.5, 0.6) is 0 Å². The Balaban J connectivity index is 1.50. The third kappa shape index (κ3) is 3.05. The summed E-state index contributed by atoms with van der Waals surface area (Å²) in [6.45, 7) is 3.83. The fourth-order valence-electron chi connectivity index (χ4n) is 6.80. The van der Waals surface area contributed by atoms with Crippen LogP contribution in [0.15, 0.2) is 77.6 Å². The van der Waals surface area contributed by atoms with Gasteiger partial charge in [-0.2, -0.15) is 13.2 Å². The molecule has 4 atom stereocenters. The summed E-state index contributed by atoms with van der Waals surface area (Å²) in [6, 6.07) is 17.8. The van der Waals surface area contributed by atoms with Crippen LogP contribution in [0.3, 0.4) is 0 Å². The maximum Gasteiger partial charge on any atom is 0.416 e. The second-order valence-electron chi connectivity index (χ2n) is 10.9. The van der Waals surface area contributed by atoms with E-state index in [0.29, 0.717) is 28.0 Å². The molecule has 40 heavy (non-hydrogen) atoms. The maximum atomic E-state index is 14.3. The number of nitrogens with zero attached hydrogens (tertiary/aromatic N) is 3. The van der Waals surface area contributed by atoms with Gasteiger partial charge in [-0.3, -0.25) is 24.3 Å². The first-order chi connectivity index (χ1) is 19.1. The highest BCUT2D eigenvalue weighted by atomic mass is 19.4. The van der Waals surface area contributed by atoms with Gasteiger partial charge in [0.25, 0.3) is 5.56 Å². The minimum Gasteiger partial charge on any atom is -0.296 e. The monoisotopic (exact) mass is 544 g/mol. The maximum absolute atomic E-state index is 14.3. The van der Waals surface area contributed by atoms with Crippen molar-refractivity contribution in [1.82, 2.24) is 14.9 Å². The number of para-hydroxylation sites is 2. The first-order valence-electron chi connectivity index (χ1n) is 13.0. The summed E-state index contributed by atoms with van der Waals surface area (Å²) in [7, 11) is 0. The number of imide groups is 1. The van der Waals surface area contributed by atoms with Gasteiger partial charge < -0.3 is 0 Å². The number of aromatic nitrogens is 2. The molecule has 0 aliphatic carbocycles. The summed E-state index contributed by atoms with van der Waals surface area (Å²) in [5.74, 6) is -2.96. The summed E-state index contributed by atoms with van der Waals surface area (Å²) in [5.41, 5.74) is -1.11. The summed E-state index contributed by atoms with van der Waals surface area (Å²) in [4.78, 5) is 47.9. The van der Waals surface area contributed by atoms with Crippen molar-refractivity contribution in [1.29, 1.82) is 0 Å². The topological polar surface area (TPSA) is 84.3 Å². The van der Waals surface area contributed by atoms with E-state index in [1.165, 1.54) is 16.7 Å². The molecule has 3 aliphatic heterocycles. The van der Waals surface area contributed by atoms with Gasteiger partial charge in [-0.05, 0) is 42.3 Å². The van der Waals surface area contributed by atoms with Crippen molar-refractivity contribution in [3.05, 3.63) is 100 Å². The fourth-order valence-corrected chi connectivity index (χ4v) is 6.80. The number of anilines is 1. The van der Waals surface area contributed by atoms with E-state index >= 15 is 0 Å². The van der Waals surface area contributed by atoms with Crippen molar-refractivity contribution >= 4 is 28.4 Å². The van der Waals surface area contributed by atoms with E-state index in [4.69, 9.17) is 4.98 Å². The SMILES string of the molecule is CC(C)[C@@H]1N[C@]2(c3ccccc3-n3c2nc2ccccc2c3=O)[C@@H]2C(=O)N(c3cccc(C(F)(F)F)c3)C(=O)[C@H]21. The van der Waals surface area contributed by atoms with Gasteiger partial charge in [0.05, 0.1) is 39.7 Å². The van der Waals surface area contributed by atoms with Gasteiger partial charge in [0.1, 0.15) is 11.4 Å². The number of carbonyl (C=O) groups excluding carboxylic acids is 2. The Labute approximate surface area is 226 Å². The lowest BCUT2D eigenvalue weighted by atomic mass is 9.75. The molecule has 0 unspecified atom stereocenters. The molecule has 1 spiro atoms. The number of rotatable bonds is 2. The summed E-state index contributed by atoms with van der Waals surface area (Å²) in [6.07, 6.45) is -4.64. The van der Waals surface area contributed by atoms with Crippen LogP contribution in [0.25, 0.3) is 16.6 Å². The molecule has 7 nitrogen and oxygen atoms in total. The minimum absolute atomic E-state index is 0.126. The Hall–Kier alpha value is -4.31.